The van der Waals surface area contributed by atoms with Gasteiger partial charge in [0.05, 0.1) is 22.7 Å². The molecule has 1 unspecified atom stereocenters. The summed E-state index contributed by atoms with van der Waals surface area (Å²) in [5, 5.41) is 16.9. The van der Waals surface area contributed by atoms with Crippen molar-refractivity contribution in [1.29, 1.82) is 0 Å². The van der Waals surface area contributed by atoms with Crippen molar-refractivity contribution in [2.45, 2.75) is 26.2 Å². The fourth-order valence-corrected chi connectivity index (χ4v) is 4.03. The first kappa shape index (κ1) is 26.1. The number of aromatic nitrogens is 1. The molecule has 1 atom stereocenters. The minimum atomic E-state index is -0.633. The second-order valence-electron chi connectivity index (χ2n) is 8.30. The predicted octanol–water partition coefficient (Wildman–Crippen LogP) is 6.71. The van der Waals surface area contributed by atoms with Gasteiger partial charge in [0, 0.05) is 17.2 Å². The average molecular weight is 539 g/mol. The zero-order valence-corrected chi connectivity index (χ0v) is 21.8. The first-order valence-electron chi connectivity index (χ1n) is 11.3. The fraction of sp³-hybridized carbons (Fsp3) is 0.192. The normalized spacial score (nSPS) is 11.7. The van der Waals surface area contributed by atoms with Gasteiger partial charge in [-0.05, 0) is 72.6 Å². The van der Waals surface area contributed by atoms with Crippen molar-refractivity contribution in [1.82, 2.24) is 10.3 Å². The molecule has 190 valence electrons. The zero-order valence-electron chi connectivity index (χ0n) is 20.2. The van der Waals surface area contributed by atoms with Crippen LogP contribution in [0, 0.1) is 10.1 Å². The molecule has 0 spiro atoms. The fourth-order valence-electron chi connectivity index (χ4n) is 3.67. The van der Waals surface area contributed by atoms with Gasteiger partial charge < -0.3 is 14.5 Å². The summed E-state index contributed by atoms with van der Waals surface area (Å²) in [7, 11) is 1.31. The van der Waals surface area contributed by atoms with Gasteiger partial charge in [0.2, 0.25) is 5.89 Å². The Morgan fingerprint density at radius 3 is 2.70 bits per heavy atom. The topological polar surface area (TPSA) is 120 Å². The van der Waals surface area contributed by atoms with E-state index in [2.05, 4.69) is 29.5 Å². The largest absolute Gasteiger partial charge is 0.490 e. The molecule has 0 bridgehead atoms. The predicted molar refractivity (Wildman–Crippen MR) is 146 cm³/mol. The number of halogens is 1. The molecule has 0 saturated heterocycles. The Morgan fingerprint density at radius 1 is 1.22 bits per heavy atom. The second kappa shape index (κ2) is 10.9. The van der Waals surface area contributed by atoms with Crippen LogP contribution < -0.4 is 15.4 Å². The molecule has 1 heterocycles. The summed E-state index contributed by atoms with van der Waals surface area (Å²) in [6.07, 6.45) is 1.02. The second-order valence-corrected chi connectivity index (χ2v) is 9.12. The summed E-state index contributed by atoms with van der Waals surface area (Å²) in [4.78, 5) is 27.9. The summed E-state index contributed by atoms with van der Waals surface area (Å²) in [6, 6.07) is 15.0. The highest BCUT2D eigenvalue weighted by atomic mass is 35.5. The number of hydrogen-bond donors (Lipinski definition) is 2. The molecule has 4 aromatic rings. The van der Waals surface area contributed by atoms with Crippen LogP contribution >= 0.6 is 23.8 Å². The van der Waals surface area contributed by atoms with Gasteiger partial charge in [-0.3, -0.25) is 20.2 Å². The quantitative estimate of drug-likeness (QED) is 0.151. The van der Waals surface area contributed by atoms with Crippen molar-refractivity contribution >= 4 is 57.3 Å². The van der Waals surface area contributed by atoms with E-state index in [9.17, 15) is 14.9 Å². The van der Waals surface area contributed by atoms with Gasteiger partial charge in [-0.1, -0.05) is 31.5 Å². The highest BCUT2D eigenvalue weighted by molar-refractivity contribution is 7.80. The molecular weight excluding hydrogens is 516 g/mol. The molecule has 9 nitrogen and oxygen atoms in total. The van der Waals surface area contributed by atoms with Gasteiger partial charge in [-0.2, -0.15) is 0 Å². The van der Waals surface area contributed by atoms with Gasteiger partial charge in [-0.15, -0.1) is 0 Å². The summed E-state index contributed by atoms with van der Waals surface area (Å²) >= 11 is 11.6. The molecular formula is C26H23ClN4O5S. The molecule has 4 rings (SSSR count). The Morgan fingerprint density at radius 2 is 2.00 bits per heavy atom. The van der Waals surface area contributed by atoms with E-state index >= 15 is 0 Å². The number of carbonyl (C=O) groups is 1. The molecule has 1 aromatic heterocycles. The lowest BCUT2D eigenvalue weighted by Gasteiger charge is -2.12. The number of thiocarbonyl (C=S) groups is 1. The maximum atomic E-state index is 12.6. The van der Waals surface area contributed by atoms with Crippen LogP contribution in [0.1, 0.15) is 42.1 Å². The number of carbonyl (C=O) groups excluding carboxylic acids is 1. The molecule has 3 aromatic carbocycles. The van der Waals surface area contributed by atoms with E-state index in [0.717, 1.165) is 18.0 Å². The van der Waals surface area contributed by atoms with Crippen LogP contribution in [0.25, 0.3) is 22.6 Å². The average Bonchev–Trinajstić information content (AvgIpc) is 3.32. The van der Waals surface area contributed by atoms with E-state index < -0.39 is 10.8 Å². The van der Waals surface area contributed by atoms with Gasteiger partial charge in [0.15, 0.2) is 16.4 Å². The SMILES string of the molecule is CCC(C)c1ccc2oc(-c3ccc(Cl)c(NC(=S)NC(=O)c4ccc(OC)c([N+](=O)[O-])c4)c3)nc2c1. The van der Waals surface area contributed by atoms with E-state index in [4.69, 9.17) is 33.0 Å². The van der Waals surface area contributed by atoms with Crippen molar-refractivity contribution in [2.75, 3.05) is 12.4 Å². The Bertz CT molecular complexity index is 1520. The molecule has 0 saturated carbocycles. The van der Waals surface area contributed by atoms with E-state index in [1.807, 2.05) is 18.2 Å². The number of oxazole rings is 1. The third-order valence-corrected chi connectivity index (χ3v) is 6.45. The zero-order chi connectivity index (χ0) is 26.7. The smallest absolute Gasteiger partial charge is 0.311 e. The maximum Gasteiger partial charge on any atom is 0.311 e. The number of rotatable bonds is 7. The maximum absolute atomic E-state index is 12.6. The van der Waals surface area contributed by atoms with Gasteiger partial charge in [0.1, 0.15) is 5.52 Å². The van der Waals surface area contributed by atoms with E-state index in [1.54, 1.807) is 18.2 Å². The lowest BCUT2D eigenvalue weighted by atomic mass is 9.98. The van der Waals surface area contributed by atoms with E-state index in [-0.39, 0.29) is 22.1 Å². The molecule has 0 aliphatic rings. The minimum Gasteiger partial charge on any atom is -0.490 e. The number of nitro groups is 1. The highest BCUT2D eigenvalue weighted by Gasteiger charge is 2.19. The lowest BCUT2D eigenvalue weighted by molar-refractivity contribution is -0.385. The van der Waals surface area contributed by atoms with Crippen LogP contribution in [-0.4, -0.2) is 28.0 Å². The van der Waals surface area contributed by atoms with Crippen LogP contribution in [-0.2, 0) is 0 Å². The van der Waals surface area contributed by atoms with Crippen LogP contribution in [0.3, 0.4) is 0 Å². The number of nitrogens with zero attached hydrogens (tertiary/aromatic N) is 2. The third-order valence-electron chi connectivity index (χ3n) is 5.92. The minimum absolute atomic E-state index is 0.0414. The monoisotopic (exact) mass is 538 g/mol. The highest BCUT2D eigenvalue weighted by Crippen LogP contribution is 2.32. The summed E-state index contributed by atoms with van der Waals surface area (Å²) < 4.78 is 10.9. The first-order chi connectivity index (χ1) is 17.7. The molecule has 2 N–H and O–H groups in total. The number of nitrogens with one attached hydrogen (secondary N) is 2. The molecule has 1 amide bonds. The number of methoxy groups -OCH3 is 1. The number of anilines is 1. The number of hydrogen-bond acceptors (Lipinski definition) is 7. The van der Waals surface area contributed by atoms with Crippen LogP contribution in [0.5, 0.6) is 5.75 Å². The summed E-state index contributed by atoms with van der Waals surface area (Å²) in [5.41, 5.74) is 3.41. The third kappa shape index (κ3) is 5.71. The van der Waals surface area contributed by atoms with Crippen LogP contribution in [0.15, 0.2) is 59.0 Å². The molecule has 0 radical (unpaired) electrons. The lowest BCUT2D eigenvalue weighted by Crippen LogP contribution is -2.34. The van der Waals surface area contributed by atoms with E-state index in [1.165, 1.54) is 24.8 Å². The Kier molecular flexibility index (Phi) is 7.70. The van der Waals surface area contributed by atoms with Crippen molar-refractivity contribution in [3.05, 3.63) is 80.9 Å². The number of benzene rings is 3. The molecule has 0 fully saturated rings. The standard InChI is InChI=1S/C26H23ClN4O5S/c1-4-14(2)15-6-9-22-20(11-15)28-25(36-22)17-5-8-18(27)19(12-17)29-26(37)30-24(32)16-7-10-23(35-3)21(13-16)31(33)34/h5-14H,4H2,1-3H3,(H2,29,30,32,37). The van der Waals surface area contributed by atoms with Crippen molar-refractivity contribution in [3.8, 4) is 17.2 Å². The molecule has 0 aliphatic carbocycles. The van der Waals surface area contributed by atoms with Crippen LogP contribution in [0.4, 0.5) is 11.4 Å². The summed E-state index contributed by atoms with van der Waals surface area (Å²) in [5.74, 6) is 0.236. The van der Waals surface area contributed by atoms with Crippen molar-refractivity contribution < 1.29 is 18.9 Å². The number of nitro benzene ring substituents is 1. The molecule has 37 heavy (non-hydrogen) atoms. The summed E-state index contributed by atoms with van der Waals surface area (Å²) in [6.45, 7) is 4.30. The Balaban J connectivity index is 1.52. The van der Waals surface area contributed by atoms with Gasteiger partial charge in [0.25, 0.3) is 5.91 Å². The molecule has 11 heteroatoms. The first-order valence-corrected chi connectivity index (χ1v) is 12.1. The Labute approximate surface area is 222 Å². The van der Waals surface area contributed by atoms with Crippen molar-refractivity contribution in [3.63, 3.8) is 0 Å². The number of fused-ring (bicyclic) bond motifs is 1. The number of ether oxygens (including phenoxy) is 1. The Hall–Kier alpha value is -4.02. The van der Waals surface area contributed by atoms with Gasteiger partial charge in [-0.25, -0.2) is 4.98 Å². The molecule has 0 aliphatic heterocycles. The number of amides is 1. The van der Waals surface area contributed by atoms with Crippen LogP contribution in [0.2, 0.25) is 5.02 Å². The van der Waals surface area contributed by atoms with Gasteiger partial charge >= 0.3 is 5.69 Å². The van der Waals surface area contributed by atoms with Crippen molar-refractivity contribution in [2.24, 2.45) is 0 Å². The van der Waals surface area contributed by atoms with E-state index in [0.29, 0.717) is 33.7 Å².